The van der Waals surface area contributed by atoms with Crippen LogP contribution < -0.4 is 9.64 Å². The molecule has 1 atom stereocenters. The van der Waals surface area contributed by atoms with Crippen molar-refractivity contribution in [1.82, 2.24) is 4.90 Å². The summed E-state index contributed by atoms with van der Waals surface area (Å²) in [6.45, 7) is 7.28. The average Bonchev–Trinajstić information content (AvgIpc) is 2.64. The zero-order chi connectivity index (χ0) is 17.5. The van der Waals surface area contributed by atoms with Gasteiger partial charge in [-0.15, -0.1) is 0 Å². The number of nitrogens with zero attached hydrogens (tertiary/aromatic N) is 2. The fraction of sp³-hybridized carbons (Fsp3) is 0.429. The molecule has 1 fully saturated rings. The third-order valence-corrected chi connectivity index (χ3v) is 4.66. The number of para-hydroxylation sites is 2. The summed E-state index contributed by atoms with van der Waals surface area (Å²) in [5.74, 6) is 0.961. The molecule has 0 bridgehead atoms. The molecular weight excluding hydrogens is 312 g/mol. The molecule has 1 aliphatic rings. The van der Waals surface area contributed by atoms with Gasteiger partial charge in [-0.2, -0.15) is 0 Å². The third kappa shape index (κ3) is 4.97. The number of piperazine rings is 1. The largest absolute Gasteiger partial charge is 0.492 e. The second-order valence-corrected chi connectivity index (χ2v) is 6.53. The van der Waals surface area contributed by atoms with Gasteiger partial charge in [0.05, 0.1) is 18.4 Å². The van der Waals surface area contributed by atoms with Crippen molar-refractivity contribution in [3.63, 3.8) is 0 Å². The summed E-state index contributed by atoms with van der Waals surface area (Å²) in [5.41, 5.74) is 2.37. The molecule has 0 saturated carbocycles. The van der Waals surface area contributed by atoms with E-state index in [1.807, 2.05) is 37.3 Å². The molecule has 0 aliphatic carbocycles. The van der Waals surface area contributed by atoms with Crippen molar-refractivity contribution in [3.8, 4) is 5.75 Å². The Hall–Kier alpha value is -2.04. The van der Waals surface area contributed by atoms with E-state index in [9.17, 15) is 5.11 Å². The van der Waals surface area contributed by atoms with Gasteiger partial charge in [-0.3, -0.25) is 4.90 Å². The fourth-order valence-electron chi connectivity index (χ4n) is 3.42. The van der Waals surface area contributed by atoms with E-state index in [0.717, 1.165) is 38.5 Å². The van der Waals surface area contributed by atoms with E-state index in [4.69, 9.17) is 4.74 Å². The standard InChI is InChI=1S/C21H28N2O2/c1-2-25-21-11-7-6-10-20(21)23-14-12-22(13-15-23)17-19(24)16-18-8-4-3-5-9-18/h3-11,19,24H,2,12-17H2,1H3. The minimum Gasteiger partial charge on any atom is -0.492 e. The Labute approximate surface area is 150 Å². The Morgan fingerprint density at radius 1 is 0.960 bits per heavy atom. The summed E-state index contributed by atoms with van der Waals surface area (Å²) in [5, 5.41) is 10.4. The molecule has 0 spiro atoms. The molecule has 3 rings (SSSR count). The highest BCUT2D eigenvalue weighted by atomic mass is 16.5. The van der Waals surface area contributed by atoms with Crippen molar-refractivity contribution in [1.29, 1.82) is 0 Å². The lowest BCUT2D eigenvalue weighted by molar-refractivity contribution is 0.109. The van der Waals surface area contributed by atoms with E-state index in [1.54, 1.807) is 0 Å². The van der Waals surface area contributed by atoms with Crippen LogP contribution >= 0.6 is 0 Å². The summed E-state index contributed by atoms with van der Waals surface area (Å²) >= 11 is 0. The van der Waals surface area contributed by atoms with Crippen molar-refractivity contribution in [2.24, 2.45) is 0 Å². The van der Waals surface area contributed by atoms with Crippen LogP contribution in [-0.2, 0) is 6.42 Å². The molecule has 1 N–H and O–H groups in total. The number of β-amino-alcohol motifs (C(OH)–C–C–N with tert-alkyl or cyclic N) is 1. The summed E-state index contributed by atoms with van der Waals surface area (Å²) in [7, 11) is 0. The Morgan fingerprint density at radius 2 is 1.64 bits per heavy atom. The number of anilines is 1. The van der Waals surface area contributed by atoms with Crippen LogP contribution in [0.4, 0.5) is 5.69 Å². The van der Waals surface area contributed by atoms with Crippen molar-refractivity contribution in [3.05, 3.63) is 60.2 Å². The van der Waals surface area contributed by atoms with Gasteiger partial charge >= 0.3 is 0 Å². The van der Waals surface area contributed by atoms with Crippen molar-refractivity contribution >= 4 is 5.69 Å². The zero-order valence-electron chi connectivity index (χ0n) is 15.0. The second kappa shape index (κ2) is 8.88. The van der Waals surface area contributed by atoms with E-state index in [2.05, 4.69) is 34.1 Å². The molecule has 1 aliphatic heterocycles. The van der Waals surface area contributed by atoms with Crippen LogP contribution in [0.5, 0.6) is 5.75 Å². The van der Waals surface area contributed by atoms with Gasteiger partial charge in [0.2, 0.25) is 0 Å². The summed E-state index contributed by atoms with van der Waals surface area (Å²) < 4.78 is 5.75. The molecule has 0 radical (unpaired) electrons. The van der Waals surface area contributed by atoms with Crippen LogP contribution in [-0.4, -0.2) is 55.4 Å². The van der Waals surface area contributed by atoms with E-state index in [1.165, 1.54) is 11.3 Å². The Kier molecular flexibility index (Phi) is 6.31. The first kappa shape index (κ1) is 17.8. The van der Waals surface area contributed by atoms with Gasteiger partial charge in [-0.1, -0.05) is 42.5 Å². The molecule has 1 heterocycles. The molecule has 1 saturated heterocycles. The highest BCUT2D eigenvalue weighted by Gasteiger charge is 2.21. The maximum absolute atomic E-state index is 10.4. The summed E-state index contributed by atoms with van der Waals surface area (Å²) in [4.78, 5) is 4.73. The third-order valence-electron chi connectivity index (χ3n) is 4.66. The number of aliphatic hydroxyl groups excluding tert-OH is 1. The average molecular weight is 340 g/mol. The summed E-state index contributed by atoms with van der Waals surface area (Å²) in [6.07, 6.45) is 0.401. The van der Waals surface area contributed by atoms with Crippen LogP contribution in [0, 0.1) is 0 Å². The molecule has 2 aromatic rings. The SMILES string of the molecule is CCOc1ccccc1N1CCN(CC(O)Cc2ccccc2)CC1. The number of rotatable bonds is 7. The van der Waals surface area contributed by atoms with E-state index in [-0.39, 0.29) is 6.10 Å². The number of ether oxygens (including phenoxy) is 1. The van der Waals surface area contributed by atoms with Crippen LogP contribution in [0.25, 0.3) is 0 Å². The quantitative estimate of drug-likeness (QED) is 0.841. The maximum Gasteiger partial charge on any atom is 0.142 e. The molecule has 4 heteroatoms. The highest BCUT2D eigenvalue weighted by molar-refractivity contribution is 5.58. The number of hydrogen-bond donors (Lipinski definition) is 1. The van der Waals surface area contributed by atoms with Crippen molar-refractivity contribution < 1.29 is 9.84 Å². The molecule has 25 heavy (non-hydrogen) atoms. The highest BCUT2D eigenvalue weighted by Crippen LogP contribution is 2.28. The second-order valence-electron chi connectivity index (χ2n) is 6.53. The molecule has 2 aromatic carbocycles. The van der Waals surface area contributed by atoms with Crippen molar-refractivity contribution in [2.45, 2.75) is 19.4 Å². The first-order valence-corrected chi connectivity index (χ1v) is 9.17. The number of benzene rings is 2. The Balaban J connectivity index is 1.50. The predicted molar refractivity (Wildman–Crippen MR) is 102 cm³/mol. The van der Waals surface area contributed by atoms with Gasteiger partial charge in [0.25, 0.3) is 0 Å². The van der Waals surface area contributed by atoms with Gasteiger partial charge in [0.1, 0.15) is 5.75 Å². The van der Waals surface area contributed by atoms with E-state index in [0.29, 0.717) is 13.0 Å². The van der Waals surface area contributed by atoms with Gasteiger partial charge in [-0.05, 0) is 31.0 Å². The minimum atomic E-state index is -0.315. The minimum absolute atomic E-state index is 0.315. The lowest BCUT2D eigenvalue weighted by Crippen LogP contribution is -2.49. The van der Waals surface area contributed by atoms with Gasteiger partial charge in [-0.25, -0.2) is 0 Å². The van der Waals surface area contributed by atoms with Gasteiger partial charge in [0, 0.05) is 32.7 Å². The van der Waals surface area contributed by atoms with Crippen LogP contribution in [0.15, 0.2) is 54.6 Å². The predicted octanol–water partition coefficient (Wildman–Crippen LogP) is 2.81. The first-order chi connectivity index (χ1) is 12.3. The number of aliphatic hydroxyl groups is 1. The molecule has 0 amide bonds. The van der Waals surface area contributed by atoms with Gasteiger partial charge < -0.3 is 14.7 Å². The fourth-order valence-corrected chi connectivity index (χ4v) is 3.42. The van der Waals surface area contributed by atoms with Crippen LogP contribution in [0.3, 0.4) is 0 Å². The van der Waals surface area contributed by atoms with Crippen LogP contribution in [0.1, 0.15) is 12.5 Å². The van der Waals surface area contributed by atoms with Crippen LogP contribution in [0.2, 0.25) is 0 Å². The Bertz CT molecular complexity index is 639. The lowest BCUT2D eigenvalue weighted by Gasteiger charge is -2.37. The van der Waals surface area contributed by atoms with E-state index < -0.39 is 0 Å². The molecule has 134 valence electrons. The normalized spacial score (nSPS) is 16.6. The van der Waals surface area contributed by atoms with Gasteiger partial charge in [0.15, 0.2) is 0 Å². The lowest BCUT2D eigenvalue weighted by atomic mass is 10.1. The van der Waals surface area contributed by atoms with Crippen molar-refractivity contribution in [2.75, 3.05) is 44.2 Å². The molecule has 1 unspecified atom stereocenters. The first-order valence-electron chi connectivity index (χ1n) is 9.17. The Morgan fingerprint density at radius 3 is 2.36 bits per heavy atom. The summed E-state index contributed by atoms with van der Waals surface area (Å²) in [6, 6.07) is 18.5. The topological polar surface area (TPSA) is 35.9 Å². The monoisotopic (exact) mass is 340 g/mol. The molecule has 4 nitrogen and oxygen atoms in total. The molecular formula is C21H28N2O2. The number of hydrogen-bond acceptors (Lipinski definition) is 4. The maximum atomic E-state index is 10.4. The van der Waals surface area contributed by atoms with E-state index >= 15 is 0 Å². The zero-order valence-corrected chi connectivity index (χ0v) is 15.0. The molecule has 0 aromatic heterocycles. The smallest absolute Gasteiger partial charge is 0.142 e.